The largest absolute Gasteiger partial charge is 0.495 e. The molecule has 0 aliphatic heterocycles. The first kappa shape index (κ1) is 17.0. The number of ether oxygens (including phenoxy) is 1. The van der Waals surface area contributed by atoms with Crippen LogP contribution in [0.4, 0.5) is 23.1 Å². The van der Waals surface area contributed by atoms with Crippen LogP contribution < -0.4 is 15.4 Å². The maximum absolute atomic E-state index is 6.18. The molecule has 0 spiro atoms. The normalized spacial score (nSPS) is 10.4. The highest BCUT2D eigenvalue weighted by molar-refractivity contribution is 6.31. The maximum Gasteiger partial charge on any atom is 0.229 e. The highest BCUT2D eigenvalue weighted by atomic mass is 35.5. The predicted octanol–water partition coefficient (Wildman–Crippen LogP) is 5.24. The number of rotatable bonds is 5. The molecule has 1 heterocycles. The van der Waals surface area contributed by atoms with Gasteiger partial charge in [-0.25, -0.2) is 4.98 Å². The van der Waals surface area contributed by atoms with Gasteiger partial charge >= 0.3 is 0 Å². The summed E-state index contributed by atoms with van der Waals surface area (Å²) in [6.45, 7) is 3.89. The fourth-order valence-corrected chi connectivity index (χ4v) is 2.61. The Morgan fingerprint density at radius 3 is 2.48 bits per heavy atom. The second kappa shape index (κ2) is 7.40. The van der Waals surface area contributed by atoms with Crippen LogP contribution in [-0.2, 0) is 0 Å². The van der Waals surface area contributed by atoms with E-state index in [1.165, 1.54) is 0 Å². The molecule has 0 amide bonds. The van der Waals surface area contributed by atoms with E-state index >= 15 is 0 Å². The number of anilines is 4. The average molecular weight is 355 g/mol. The van der Waals surface area contributed by atoms with Crippen molar-refractivity contribution in [3.63, 3.8) is 0 Å². The zero-order valence-electron chi connectivity index (χ0n) is 14.3. The van der Waals surface area contributed by atoms with Crippen molar-refractivity contribution in [1.82, 2.24) is 9.97 Å². The van der Waals surface area contributed by atoms with Crippen molar-refractivity contribution >= 4 is 34.7 Å². The molecule has 3 rings (SSSR count). The van der Waals surface area contributed by atoms with E-state index in [9.17, 15) is 0 Å². The summed E-state index contributed by atoms with van der Waals surface area (Å²) in [5.74, 6) is 1.91. The Morgan fingerprint density at radius 2 is 1.68 bits per heavy atom. The van der Waals surface area contributed by atoms with Crippen molar-refractivity contribution in [2.24, 2.45) is 0 Å². The van der Waals surface area contributed by atoms with Gasteiger partial charge in [-0.3, -0.25) is 0 Å². The Balaban J connectivity index is 1.89. The van der Waals surface area contributed by atoms with Crippen molar-refractivity contribution in [2.45, 2.75) is 13.8 Å². The van der Waals surface area contributed by atoms with Crippen LogP contribution in [0.5, 0.6) is 5.75 Å². The van der Waals surface area contributed by atoms with Crippen LogP contribution in [0, 0.1) is 13.8 Å². The van der Waals surface area contributed by atoms with Gasteiger partial charge in [0.2, 0.25) is 5.95 Å². The van der Waals surface area contributed by atoms with Crippen LogP contribution in [0.25, 0.3) is 0 Å². The Labute approximate surface area is 152 Å². The maximum atomic E-state index is 6.18. The molecule has 0 aliphatic carbocycles. The summed E-state index contributed by atoms with van der Waals surface area (Å²) in [6, 6.07) is 15.2. The van der Waals surface area contributed by atoms with Crippen molar-refractivity contribution in [1.29, 1.82) is 0 Å². The third kappa shape index (κ3) is 4.00. The summed E-state index contributed by atoms with van der Waals surface area (Å²) >= 11 is 6.18. The number of nitrogens with one attached hydrogen (secondary N) is 2. The highest BCUT2D eigenvalue weighted by Gasteiger charge is 2.08. The van der Waals surface area contributed by atoms with Crippen molar-refractivity contribution in [3.8, 4) is 5.75 Å². The molecule has 1 aromatic heterocycles. The van der Waals surface area contributed by atoms with Gasteiger partial charge in [0.05, 0.1) is 12.8 Å². The molecule has 0 radical (unpaired) electrons. The van der Waals surface area contributed by atoms with Gasteiger partial charge in [-0.2, -0.15) is 4.98 Å². The predicted molar refractivity (Wildman–Crippen MR) is 103 cm³/mol. The molecule has 2 N–H and O–H groups in total. The van der Waals surface area contributed by atoms with E-state index in [0.29, 0.717) is 16.8 Å². The van der Waals surface area contributed by atoms with Crippen LogP contribution in [0.3, 0.4) is 0 Å². The first-order valence-corrected chi connectivity index (χ1v) is 8.22. The number of aromatic nitrogens is 2. The third-order valence-electron chi connectivity index (χ3n) is 3.74. The van der Waals surface area contributed by atoms with Crippen LogP contribution in [0.2, 0.25) is 5.02 Å². The Morgan fingerprint density at radius 1 is 0.920 bits per heavy atom. The lowest BCUT2D eigenvalue weighted by Crippen LogP contribution is -2.04. The number of hydrogen-bond acceptors (Lipinski definition) is 5. The summed E-state index contributed by atoms with van der Waals surface area (Å²) in [4.78, 5) is 8.98. The first-order chi connectivity index (χ1) is 12.1. The molecule has 0 aliphatic rings. The van der Waals surface area contributed by atoms with E-state index in [0.717, 1.165) is 28.4 Å². The fourth-order valence-electron chi connectivity index (χ4n) is 2.44. The fraction of sp³-hybridized carbons (Fsp3) is 0.158. The minimum absolute atomic E-state index is 0.492. The van der Waals surface area contributed by atoms with E-state index in [2.05, 4.69) is 20.6 Å². The zero-order chi connectivity index (χ0) is 17.8. The monoisotopic (exact) mass is 354 g/mol. The van der Waals surface area contributed by atoms with Crippen molar-refractivity contribution in [3.05, 3.63) is 64.8 Å². The summed E-state index contributed by atoms with van der Waals surface area (Å²) in [5.41, 5.74) is 3.53. The van der Waals surface area contributed by atoms with Gasteiger partial charge in [0.15, 0.2) is 0 Å². The van der Waals surface area contributed by atoms with Crippen LogP contribution in [0.1, 0.15) is 11.3 Å². The summed E-state index contributed by atoms with van der Waals surface area (Å²) < 4.78 is 5.35. The van der Waals surface area contributed by atoms with Gasteiger partial charge < -0.3 is 15.4 Å². The molecule has 0 bridgehead atoms. The van der Waals surface area contributed by atoms with Gasteiger partial charge in [0.25, 0.3) is 0 Å². The van der Waals surface area contributed by atoms with E-state index < -0.39 is 0 Å². The van der Waals surface area contributed by atoms with E-state index in [1.807, 2.05) is 62.4 Å². The lowest BCUT2D eigenvalue weighted by Gasteiger charge is -2.13. The van der Waals surface area contributed by atoms with Gasteiger partial charge in [-0.15, -0.1) is 0 Å². The quantitative estimate of drug-likeness (QED) is 0.656. The second-order valence-corrected chi connectivity index (χ2v) is 5.99. The van der Waals surface area contributed by atoms with Crippen LogP contribution in [-0.4, -0.2) is 17.1 Å². The van der Waals surface area contributed by atoms with E-state index in [-0.39, 0.29) is 0 Å². The second-order valence-electron chi connectivity index (χ2n) is 5.58. The lowest BCUT2D eigenvalue weighted by molar-refractivity contribution is 0.417. The molecule has 2 aromatic carbocycles. The number of benzene rings is 2. The number of methoxy groups -OCH3 is 1. The lowest BCUT2D eigenvalue weighted by atomic mass is 10.2. The molecular weight excluding hydrogens is 336 g/mol. The molecule has 3 aromatic rings. The molecule has 0 fully saturated rings. The van der Waals surface area contributed by atoms with Gasteiger partial charge in [0.1, 0.15) is 11.6 Å². The van der Waals surface area contributed by atoms with Gasteiger partial charge in [0, 0.05) is 22.5 Å². The molecule has 0 saturated heterocycles. The summed E-state index contributed by atoms with van der Waals surface area (Å²) in [6.07, 6.45) is 0. The number of para-hydroxylation sites is 2. The average Bonchev–Trinajstić information content (AvgIpc) is 2.59. The minimum Gasteiger partial charge on any atom is -0.495 e. The Kier molecular flexibility index (Phi) is 5.05. The molecule has 0 unspecified atom stereocenters. The van der Waals surface area contributed by atoms with Gasteiger partial charge in [-0.05, 0) is 43.7 Å². The Bertz CT molecular complexity index is 898. The third-order valence-corrected chi connectivity index (χ3v) is 4.15. The topological polar surface area (TPSA) is 59.1 Å². The Hall–Kier alpha value is -2.79. The first-order valence-electron chi connectivity index (χ1n) is 7.84. The number of halogens is 1. The zero-order valence-corrected chi connectivity index (χ0v) is 15.1. The smallest absolute Gasteiger partial charge is 0.229 e. The van der Waals surface area contributed by atoms with Crippen molar-refractivity contribution < 1.29 is 4.74 Å². The molecule has 5 nitrogen and oxygen atoms in total. The van der Waals surface area contributed by atoms with E-state index in [4.69, 9.17) is 16.3 Å². The molecule has 128 valence electrons. The molecule has 0 saturated carbocycles. The van der Waals surface area contributed by atoms with E-state index in [1.54, 1.807) is 7.11 Å². The number of nitrogens with zero attached hydrogens (tertiary/aromatic N) is 2. The van der Waals surface area contributed by atoms with Crippen LogP contribution >= 0.6 is 11.6 Å². The number of hydrogen-bond donors (Lipinski definition) is 2. The SMILES string of the molecule is COc1ccccc1Nc1nc(C)cc(Nc2cccc(Cl)c2C)n1. The standard InChI is InChI=1S/C19H19ClN4O/c1-12-11-18(22-15-9-6-7-14(20)13(15)2)24-19(21-12)23-16-8-4-5-10-17(16)25-3/h4-11H,1-3H3,(H2,21,22,23,24). The van der Waals surface area contributed by atoms with Crippen molar-refractivity contribution in [2.75, 3.05) is 17.7 Å². The van der Waals surface area contributed by atoms with Gasteiger partial charge in [-0.1, -0.05) is 29.8 Å². The minimum atomic E-state index is 0.492. The molecular formula is C19H19ClN4O. The number of aryl methyl sites for hydroxylation is 1. The summed E-state index contributed by atoms with van der Waals surface area (Å²) in [7, 11) is 1.63. The molecule has 0 atom stereocenters. The van der Waals surface area contributed by atoms with Crippen LogP contribution in [0.15, 0.2) is 48.5 Å². The highest BCUT2D eigenvalue weighted by Crippen LogP contribution is 2.28. The summed E-state index contributed by atoms with van der Waals surface area (Å²) in [5, 5.41) is 7.22. The molecule has 25 heavy (non-hydrogen) atoms. The molecule has 6 heteroatoms.